The van der Waals surface area contributed by atoms with Crippen LogP contribution in [-0.2, 0) is 0 Å². The van der Waals surface area contributed by atoms with Crippen LogP contribution in [0.25, 0.3) is 22.3 Å². The Bertz CT molecular complexity index is 829. The summed E-state index contributed by atoms with van der Waals surface area (Å²) >= 11 is 0. The molecule has 6 heteroatoms. The topological polar surface area (TPSA) is 104 Å². The molecule has 23 heavy (non-hydrogen) atoms. The molecular weight excluding hydrogens is 292 g/mol. The smallest absolute Gasteiger partial charge is 0.169 e. The molecule has 5 N–H and O–H groups in total. The molecule has 0 spiro atoms. The standard InChI is InChI=1S/C17H18N4O2/c1-10(18)9-19-16-11-5-2-3-6-12(11)20-17(21-16)15-13(22)7-4-8-14(15)23/h2-8,10,22-23H,9,18H2,1H3,(H,19,20,21). The molecule has 0 radical (unpaired) electrons. The molecule has 3 aromatic rings. The van der Waals surface area contributed by atoms with Gasteiger partial charge in [0, 0.05) is 18.0 Å². The maximum absolute atomic E-state index is 10.0. The summed E-state index contributed by atoms with van der Waals surface area (Å²) in [5, 5.41) is 24.1. The molecular formula is C17H18N4O2. The van der Waals surface area contributed by atoms with Crippen LogP contribution >= 0.6 is 0 Å². The molecule has 118 valence electrons. The van der Waals surface area contributed by atoms with E-state index in [2.05, 4.69) is 15.3 Å². The molecule has 0 saturated carbocycles. The van der Waals surface area contributed by atoms with Crippen molar-refractivity contribution in [2.75, 3.05) is 11.9 Å². The average molecular weight is 310 g/mol. The number of nitrogens with two attached hydrogens (primary N) is 1. The van der Waals surface area contributed by atoms with Gasteiger partial charge in [0.25, 0.3) is 0 Å². The largest absolute Gasteiger partial charge is 0.507 e. The van der Waals surface area contributed by atoms with Gasteiger partial charge >= 0.3 is 0 Å². The van der Waals surface area contributed by atoms with Crippen LogP contribution in [0.15, 0.2) is 42.5 Å². The number of nitrogens with one attached hydrogen (secondary N) is 1. The third-order valence-corrected chi connectivity index (χ3v) is 3.44. The van der Waals surface area contributed by atoms with Gasteiger partial charge in [-0.2, -0.15) is 0 Å². The average Bonchev–Trinajstić information content (AvgIpc) is 2.52. The second-order valence-electron chi connectivity index (χ2n) is 5.44. The van der Waals surface area contributed by atoms with Crippen molar-refractivity contribution in [3.63, 3.8) is 0 Å². The lowest BCUT2D eigenvalue weighted by Gasteiger charge is -2.13. The van der Waals surface area contributed by atoms with E-state index in [1.165, 1.54) is 12.1 Å². The van der Waals surface area contributed by atoms with E-state index in [0.29, 0.717) is 17.9 Å². The highest BCUT2D eigenvalue weighted by Gasteiger charge is 2.15. The van der Waals surface area contributed by atoms with Crippen molar-refractivity contribution in [1.29, 1.82) is 0 Å². The summed E-state index contributed by atoms with van der Waals surface area (Å²) in [6, 6.07) is 12.0. The highest BCUT2D eigenvalue weighted by Crippen LogP contribution is 2.36. The fourth-order valence-electron chi connectivity index (χ4n) is 2.34. The number of fused-ring (bicyclic) bond motifs is 1. The summed E-state index contributed by atoms with van der Waals surface area (Å²) in [4.78, 5) is 8.92. The molecule has 0 aliphatic carbocycles. The Kier molecular flexibility index (Phi) is 3.99. The molecule has 6 nitrogen and oxygen atoms in total. The van der Waals surface area contributed by atoms with E-state index in [9.17, 15) is 10.2 Å². The van der Waals surface area contributed by atoms with Gasteiger partial charge in [0.1, 0.15) is 22.9 Å². The number of benzene rings is 2. The van der Waals surface area contributed by atoms with Crippen molar-refractivity contribution in [3.05, 3.63) is 42.5 Å². The molecule has 0 aliphatic heterocycles. The van der Waals surface area contributed by atoms with Gasteiger partial charge in [0.15, 0.2) is 5.82 Å². The van der Waals surface area contributed by atoms with Crippen LogP contribution in [0.5, 0.6) is 11.5 Å². The first kappa shape index (κ1) is 15.1. The van der Waals surface area contributed by atoms with E-state index in [1.54, 1.807) is 6.07 Å². The first-order valence-corrected chi connectivity index (χ1v) is 7.34. The monoisotopic (exact) mass is 310 g/mol. The molecule has 2 aromatic carbocycles. The third kappa shape index (κ3) is 3.02. The van der Waals surface area contributed by atoms with Crippen molar-refractivity contribution < 1.29 is 10.2 Å². The van der Waals surface area contributed by atoms with Gasteiger partial charge in [-0.1, -0.05) is 18.2 Å². The van der Waals surface area contributed by atoms with E-state index in [-0.39, 0.29) is 28.9 Å². The van der Waals surface area contributed by atoms with Gasteiger partial charge < -0.3 is 21.3 Å². The predicted octanol–water partition coefficient (Wildman–Crippen LogP) is 2.47. The van der Waals surface area contributed by atoms with Gasteiger partial charge in [-0.05, 0) is 31.2 Å². The number of anilines is 1. The fraction of sp³-hybridized carbons (Fsp3) is 0.176. The van der Waals surface area contributed by atoms with Crippen LogP contribution in [0.3, 0.4) is 0 Å². The molecule has 1 atom stereocenters. The number of hydrogen-bond donors (Lipinski definition) is 4. The van der Waals surface area contributed by atoms with E-state index in [0.717, 1.165) is 5.39 Å². The molecule has 1 heterocycles. The molecule has 3 rings (SSSR count). The van der Waals surface area contributed by atoms with Crippen LogP contribution in [0.4, 0.5) is 5.82 Å². The lowest BCUT2D eigenvalue weighted by Crippen LogP contribution is -2.25. The summed E-state index contributed by atoms with van der Waals surface area (Å²) < 4.78 is 0. The van der Waals surface area contributed by atoms with Gasteiger partial charge in [-0.15, -0.1) is 0 Å². The van der Waals surface area contributed by atoms with E-state index >= 15 is 0 Å². The number of phenols is 2. The van der Waals surface area contributed by atoms with Gasteiger partial charge in [-0.25, -0.2) is 9.97 Å². The Morgan fingerprint density at radius 1 is 1.04 bits per heavy atom. The van der Waals surface area contributed by atoms with Crippen LogP contribution in [0, 0.1) is 0 Å². The highest BCUT2D eigenvalue weighted by atomic mass is 16.3. The number of rotatable bonds is 4. The van der Waals surface area contributed by atoms with Crippen LogP contribution in [-0.4, -0.2) is 32.8 Å². The second-order valence-corrected chi connectivity index (χ2v) is 5.44. The Balaban J connectivity index is 2.18. The fourth-order valence-corrected chi connectivity index (χ4v) is 2.34. The lowest BCUT2D eigenvalue weighted by atomic mass is 10.1. The zero-order chi connectivity index (χ0) is 16.4. The predicted molar refractivity (Wildman–Crippen MR) is 90.4 cm³/mol. The Morgan fingerprint density at radius 2 is 1.74 bits per heavy atom. The molecule has 1 aromatic heterocycles. The molecule has 0 saturated heterocycles. The minimum Gasteiger partial charge on any atom is -0.507 e. The summed E-state index contributed by atoms with van der Waals surface area (Å²) in [7, 11) is 0. The zero-order valence-electron chi connectivity index (χ0n) is 12.7. The lowest BCUT2D eigenvalue weighted by molar-refractivity contribution is 0.453. The summed E-state index contributed by atoms with van der Waals surface area (Å²) in [6.07, 6.45) is 0. The maximum Gasteiger partial charge on any atom is 0.169 e. The van der Waals surface area contributed by atoms with Crippen molar-refractivity contribution in [2.24, 2.45) is 5.73 Å². The molecule has 1 unspecified atom stereocenters. The Labute approximate surface area is 133 Å². The van der Waals surface area contributed by atoms with E-state index < -0.39 is 0 Å². The van der Waals surface area contributed by atoms with Crippen LogP contribution < -0.4 is 11.1 Å². The maximum atomic E-state index is 10.0. The van der Waals surface area contributed by atoms with Crippen molar-refractivity contribution >= 4 is 16.7 Å². The van der Waals surface area contributed by atoms with E-state index in [4.69, 9.17) is 5.73 Å². The molecule has 0 amide bonds. The van der Waals surface area contributed by atoms with Gasteiger partial charge in [-0.3, -0.25) is 0 Å². The summed E-state index contributed by atoms with van der Waals surface area (Å²) in [5.41, 5.74) is 6.72. The molecule has 0 fully saturated rings. The normalized spacial score (nSPS) is 12.3. The Morgan fingerprint density at radius 3 is 2.43 bits per heavy atom. The number of hydrogen-bond acceptors (Lipinski definition) is 6. The summed E-state index contributed by atoms with van der Waals surface area (Å²) in [5.74, 6) is 0.730. The van der Waals surface area contributed by atoms with Gasteiger partial charge in [0.05, 0.1) is 5.52 Å². The Hall–Kier alpha value is -2.86. The van der Waals surface area contributed by atoms with Crippen molar-refractivity contribution in [3.8, 4) is 22.9 Å². The number of nitrogens with zero attached hydrogens (tertiary/aromatic N) is 2. The quantitative estimate of drug-likeness (QED) is 0.590. The SMILES string of the molecule is CC(N)CNc1nc(-c2c(O)cccc2O)nc2ccccc12. The number of para-hydroxylation sites is 1. The van der Waals surface area contributed by atoms with Crippen LogP contribution in [0.1, 0.15) is 6.92 Å². The zero-order valence-corrected chi connectivity index (χ0v) is 12.7. The summed E-state index contributed by atoms with van der Waals surface area (Å²) in [6.45, 7) is 2.44. The minimum atomic E-state index is -0.0709. The van der Waals surface area contributed by atoms with Gasteiger partial charge in [0.2, 0.25) is 0 Å². The molecule has 0 aliphatic rings. The van der Waals surface area contributed by atoms with E-state index in [1.807, 2.05) is 31.2 Å². The van der Waals surface area contributed by atoms with Crippen molar-refractivity contribution in [2.45, 2.75) is 13.0 Å². The molecule has 0 bridgehead atoms. The van der Waals surface area contributed by atoms with Crippen molar-refractivity contribution in [1.82, 2.24) is 9.97 Å². The number of aromatic hydroxyl groups is 2. The van der Waals surface area contributed by atoms with Crippen LogP contribution in [0.2, 0.25) is 0 Å². The first-order valence-electron chi connectivity index (χ1n) is 7.34. The third-order valence-electron chi connectivity index (χ3n) is 3.44. The minimum absolute atomic E-state index is 0.0364. The number of aromatic nitrogens is 2. The highest BCUT2D eigenvalue weighted by molar-refractivity contribution is 5.91. The second kappa shape index (κ2) is 6.10. The number of phenolic OH excluding ortho intramolecular Hbond substituents is 2. The first-order chi connectivity index (χ1) is 11.1.